The Balaban J connectivity index is 1.67. The number of esters is 1. The molecule has 2 atom stereocenters. The number of methoxy groups -OCH3 is 1. The lowest BCUT2D eigenvalue weighted by Crippen LogP contribution is -2.41. The summed E-state index contributed by atoms with van der Waals surface area (Å²) in [7, 11) is 1.37. The van der Waals surface area contributed by atoms with E-state index < -0.39 is 12.5 Å². The molecule has 9 heteroatoms. The molecule has 1 aliphatic rings. The quantitative estimate of drug-likeness (QED) is 0.277. The number of benzene rings is 2. The maximum absolute atomic E-state index is 15.6. The van der Waals surface area contributed by atoms with Crippen LogP contribution in [0.2, 0.25) is 0 Å². The lowest BCUT2D eigenvalue weighted by molar-refractivity contribution is -0.145. The SMILES string of the molecule is COC(=O)[C@@H](C)CN1CCc2c([nH]c3ccccc23)[C@H]1c1c(F)ccc(OCCNCCC(F)F)c1C. The first kappa shape index (κ1) is 27.0. The molecule has 0 aliphatic carbocycles. The molecule has 0 fully saturated rings. The molecule has 3 aromatic rings. The normalized spacial score (nSPS) is 16.7. The Labute approximate surface area is 215 Å². The molecule has 6 nitrogen and oxygen atoms in total. The zero-order valence-corrected chi connectivity index (χ0v) is 21.5. The predicted octanol–water partition coefficient (Wildman–Crippen LogP) is 5.00. The molecule has 0 amide bonds. The highest BCUT2D eigenvalue weighted by Crippen LogP contribution is 2.42. The number of nitrogens with zero attached hydrogens (tertiary/aromatic N) is 1. The lowest BCUT2D eigenvalue weighted by Gasteiger charge is -2.38. The third kappa shape index (κ3) is 5.93. The highest BCUT2D eigenvalue weighted by atomic mass is 19.3. The fourth-order valence-corrected chi connectivity index (χ4v) is 5.18. The van der Waals surface area contributed by atoms with Crippen molar-refractivity contribution >= 4 is 16.9 Å². The topological polar surface area (TPSA) is 66.6 Å². The molecule has 0 spiro atoms. The summed E-state index contributed by atoms with van der Waals surface area (Å²) in [5.74, 6) is -0.515. The highest BCUT2D eigenvalue weighted by Gasteiger charge is 2.36. The summed E-state index contributed by atoms with van der Waals surface area (Å²) in [4.78, 5) is 17.9. The van der Waals surface area contributed by atoms with E-state index in [1.54, 1.807) is 6.07 Å². The van der Waals surface area contributed by atoms with E-state index in [1.807, 2.05) is 32.0 Å². The smallest absolute Gasteiger partial charge is 0.309 e. The molecule has 2 heterocycles. The molecule has 0 saturated carbocycles. The van der Waals surface area contributed by atoms with Crippen molar-refractivity contribution in [2.24, 2.45) is 5.92 Å². The summed E-state index contributed by atoms with van der Waals surface area (Å²) in [6.07, 6.45) is -1.79. The van der Waals surface area contributed by atoms with Gasteiger partial charge in [-0.15, -0.1) is 0 Å². The molecule has 0 unspecified atom stereocenters. The lowest BCUT2D eigenvalue weighted by atomic mass is 9.88. The molecule has 4 rings (SSSR count). The van der Waals surface area contributed by atoms with Gasteiger partial charge in [0.05, 0.1) is 19.1 Å². The zero-order valence-electron chi connectivity index (χ0n) is 21.5. The monoisotopic (exact) mass is 517 g/mol. The number of hydrogen-bond donors (Lipinski definition) is 2. The summed E-state index contributed by atoms with van der Waals surface area (Å²) in [5.41, 5.74) is 4.21. The van der Waals surface area contributed by atoms with Gasteiger partial charge in [0.2, 0.25) is 6.43 Å². The molecule has 2 aromatic carbocycles. The number of aromatic amines is 1. The molecule has 0 saturated heterocycles. The van der Waals surface area contributed by atoms with E-state index in [0.29, 0.717) is 36.5 Å². The van der Waals surface area contributed by atoms with Crippen LogP contribution < -0.4 is 10.1 Å². The molecule has 0 bridgehead atoms. The number of carbonyl (C=O) groups excluding carboxylic acids is 1. The Bertz CT molecular complexity index is 1230. The number of fused-ring (bicyclic) bond motifs is 3. The minimum absolute atomic E-state index is 0.202. The van der Waals surface area contributed by atoms with E-state index in [1.165, 1.54) is 13.2 Å². The Morgan fingerprint density at radius 1 is 1.22 bits per heavy atom. The number of para-hydroxylation sites is 1. The number of alkyl halides is 2. The van der Waals surface area contributed by atoms with E-state index in [4.69, 9.17) is 9.47 Å². The van der Waals surface area contributed by atoms with Crippen LogP contribution in [0, 0.1) is 18.7 Å². The number of hydrogen-bond acceptors (Lipinski definition) is 5. The van der Waals surface area contributed by atoms with E-state index in [0.717, 1.165) is 28.6 Å². The maximum Gasteiger partial charge on any atom is 0.309 e. The van der Waals surface area contributed by atoms with Gasteiger partial charge in [-0.25, -0.2) is 13.2 Å². The first-order valence-electron chi connectivity index (χ1n) is 12.6. The molecule has 37 heavy (non-hydrogen) atoms. The second kappa shape index (κ2) is 12.0. The minimum atomic E-state index is -2.34. The predicted molar refractivity (Wildman–Crippen MR) is 137 cm³/mol. The molecule has 0 radical (unpaired) electrons. The van der Waals surface area contributed by atoms with Crippen LogP contribution >= 0.6 is 0 Å². The average Bonchev–Trinajstić information content (AvgIpc) is 3.26. The van der Waals surface area contributed by atoms with E-state index >= 15 is 4.39 Å². The van der Waals surface area contributed by atoms with Crippen LogP contribution in [-0.2, 0) is 16.0 Å². The van der Waals surface area contributed by atoms with Gasteiger partial charge in [0.25, 0.3) is 0 Å². The molecule has 200 valence electrons. The fraction of sp³-hybridized carbons (Fsp3) is 0.464. The molecular weight excluding hydrogens is 483 g/mol. The number of H-pyrrole nitrogens is 1. The Hall–Kier alpha value is -3.04. The van der Waals surface area contributed by atoms with Crippen molar-refractivity contribution in [3.05, 3.63) is 64.6 Å². The highest BCUT2D eigenvalue weighted by molar-refractivity contribution is 5.85. The van der Waals surface area contributed by atoms with E-state index in [9.17, 15) is 13.6 Å². The first-order valence-corrected chi connectivity index (χ1v) is 12.6. The van der Waals surface area contributed by atoms with Gasteiger partial charge in [-0.3, -0.25) is 9.69 Å². The minimum Gasteiger partial charge on any atom is -0.492 e. The second-order valence-corrected chi connectivity index (χ2v) is 9.50. The Morgan fingerprint density at radius 2 is 2.00 bits per heavy atom. The van der Waals surface area contributed by atoms with E-state index in [2.05, 4.69) is 21.3 Å². The molecular formula is C28H34F3N3O3. The van der Waals surface area contributed by atoms with Crippen LogP contribution in [0.4, 0.5) is 13.2 Å². The van der Waals surface area contributed by atoms with Crippen LogP contribution in [0.1, 0.15) is 41.8 Å². The van der Waals surface area contributed by atoms with Crippen LogP contribution in [0.25, 0.3) is 10.9 Å². The van der Waals surface area contributed by atoms with Crippen molar-refractivity contribution in [1.82, 2.24) is 15.2 Å². The number of nitrogens with one attached hydrogen (secondary N) is 2. The van der Waals surface area contributed by atoms with E-state index in [-0.39, 0.29) is 37.3 Å². The van der Waals surface area contributed by atoms with Gasteiger partial charge in [-0.2, -0.15) is 0 Å². The fourth-order valence-electron chi connectivity index (χ4n) is 5.18. The number of carbonyl (C=O) groups is 1. The summed E-state index contributed by atoms with van der Waals surface area (Å²) in [6, 6.07) is 10.6. The maximum atomic E-state index is 15.6. The summed E-state index contributed by atoms with van der Waals surface area (Å²) >= 11 is 0. The van der Waals surface area contributed by atoms with Crippen molar-refractivity contribution in [3.8, 4) is 5.75 Å². The van der Waals surface area contributed by atoms with Gasteiger partial charge >= 0.3 is 5.97 Å². The largest absolute Gasteiger partial charge is 0.492 e. The average molecular weight is 518 g/mol. The third-order valence-electron chi connectivity index (χ3n) is 7.01. The third-order valence-corrected chi connectivity index (χ3v) is 7.01. The Morgan fingerprint density at radius 3 is 2.76 bits per heavy atom. The van der Waals surface area contributed by atoms with Crippen LogP contribution in [0.5, 0.6) is 5.75 Å². The summed E-state index contributed by atoms with van der Waals surface area (Å²) in [5, 5.41) is 4.05. The number of aromatic nitrogens is 1. The van der Waals surface area contributed by atoms with Crippen molar-refractivity contribution < 1.29 is 27.4 Å². The number of ether oxygens (including phenoxy) is 2. The van der Waals surface area contributed by atoms with Gasteiger partial charge in [-0.05, 0) is 42.7 Å². The van der Waals surface area contributed by atoms with Gasteiger partial charge in [0.15, 0.2) is 0 Å². The van der Waals surface area contributed by atoms with Crippen LogP contribution in [0.3, 0.4) is 0 Å². The van der Waals surface area contributed by atoms with Gasteiger partial charge in [0, 0.05) is 54.8 Å². The van der Waals surface area contributed by atoms with Crippen molar-refractivity contribution in [1.29, 1.82) is 0 Å². The summed E-state index contributed by atoms with van der Waals surface area (Å²) < 4.78 is 51.1. The van der Waals surface area contributed by atoms with Gasteiger partial charge in [0.1, 0.15) is 18.2 Å². The Kier molecular flexibility index (Phi) is 8.76. The van der Waals surface area contributed by atoms with Crippen LogP contribution in [0.15, 0.2) is 36.4 Å². The standard InChI is InChI=1S/C28H34F3N3O3/c1-17(28(35)36-3)16-34-14-11-20-19-6-4-5-7-22(19)33-26(20)27(34)25-18(2)23(9-8-21(25)29)37-15-13-32-12-10-24(30)31/h4-9,17,24,27,32-33H,10-16H2,1-3H3/t17-,27+/m0/s1. The molecule has 1 aliphatic heterocycles. The first-order chi connectivity index (χ1) is 17.8. The van der Waals surface area contributed by atoms with Gasteiger partial charge < -0.3 is 19.8 Å². The van der Waals surface area contributed by atoms with Gasteiger partial charge in [-0.1, -0.05) is 25.1 Å². The van der Waals surface area contributed by atoms with Crippen LogP contribution in [-0.4, -0.2) is 62.2 Å². The summed E-state index contributed by atoms with van der Waals surface area (Å²) in [6.45, 7) is 5.57. The van der Waals surface area contributed by atoms with Crippen molar-refractivity contribution in [3.63, 3.8) is 0 Å². The number of halogens is 3. The number of rotatable bonds is 11. The zero-order chi connectivity index (χ0) is 26.5. The van der Waals surface area contributed by atoms with Crippen molar-refractivity contribution in [2.75, 3.05) is 39.9 Å². The molecule has 2 N–H and O–H groups in total. The second-order valence-electron chi connectivity index (χ2n) is 9.50. The molecule has 1 aromatic heterocycles. The van der Waals surface area contributed by atoms with Crippen molar-refractivity contribution in [2.45, 2.75) is 39.2 Å².